The van der Waals surface area contributed by atoms with E-state index in [-0.39, 0.29) is 0 Å². The van der Waals surface area contributed by atoms with Crippen LogP contribution >= 0.6 is 0 Å². The maximum Gasteiger partial charge on any atom is 0.246 e. The van der Waals surface area contributed by atoms with Crippen LogP contribution in [0.25, 0.3) is 44.4 Å². The lowest BCUT2D eigenvalue weighted by atomic mass is 10.1. The van der Waals surface area contributed by atoms with Crippen LogP contribution in [-0.2, 0) is 0 Å². The van der Waals surface area contributed by atoms with E-state index in [0.29, 0.717) is 5.71 Å². The molecule has 0 saturated carbocycles. The summed E-state index contributed by atoms with van der Waals surface area (Å²) in [7, 11) is 0. The first-order chi connectivity index (χ1) is 11.4. The lowest BCUT2D eigenvalue weighted by molar-refractivity contribution is 0.653. The van der Waals surface area contributed by atoms with Gasteiger partial charge in [-0.1, -0.05) is 36.4 Å². The van der Waals surface area contributed by atoms with Crippen LogP contribution < -0.4 is 0 Å². The number of pyridine rings is 1. The van der Waals surface area contributed by atoms with Crippen LogP contribution in [0.15, 0.2) is 71.4 Å². The van der Waals surface area contributed by atoms with Gasteiger partial charge < -0.3 is 4.42 Å². The van der Waals surface area contributed by atoms with Crippen molar-refractivity contribution in [2.45, 2.75) is 0 Å². The fourth-order valence-electron chi connectivity index (χ4n) is 2.92. The minimum atomic E-state index is 0.551. The normalized spacial score (nSPS) is 11.5. The summed E-state index contributed by atoms with van der Waals surface area (Å²) in [5.74, 6) is 0. The number of para-hydroxylation sites is 1. The zero-order valence-corrected chi connectivity index (χ0v) is 12.1. The SMILES string of the molecule is c1ccc2c(-c3cnc4oc5ccccc5c4n3)nccc2c1. The summed E-state index contributed by atoms with van der Waals surface area (Å²) in [4.78, 5) is 13.7. The molecule has 108 valence electrons. The van der Waals surface area contributed by atoms with Crippen LogP contribution in [0.3, 0.4) is 0 Å². The van der Waals surface area contributed by atoms with E-state index >= 15 is 0 Å². The smallest absolute Gasteiger partial charge is 0.246 e. The zero-order chi connectivity index (χ0) is 15.2. The van der Waals surface area contributed by atoms with E-state index in [1.54, 1.807) is 12.4 Å². The van der Waals surface area contributed by atoms with Crippen molar-refractivity contribution in [3.05, 3.63) is 67.0 Å². The number of rotatable bonds is 1. The summed E-state index contributed by atoms with van der Waals surface area (Å²) in [5, 5.41) is 3.17. The lowest BCUT2D eigenvalue weighted by Crippen LogP contribution is -1.91. The van der Waals surface area contributed by atoms with Gasteiger partial charge in [0.15, 0.2) is 0 Å². The van der Waals surface area contributed by atoms with Gasteiger partial charge in [0.25, 0.3) is 0 Å². The molecule has 4 nitrogen and oxygen atoms in total. The average Bonchev–Trinajstić information content (AvgIpc) is 2.99. The summed E-state index contributed by atoms with van der Waals surface area (Å²) in [6, 6.07) is 18.0. The highest BCUT2D eigenvalue weighted by atomic mass is 16.3. The fraction of sp³-hybridized carbons (Fsp3) is 0. The largest absolute Gasteiger partial charge is 0.436 e. The first kappa shape index (κ1) is 12.3. The number of fused-ring (bicyclic) bond motifs is 4. The molecule has 3 aromatic heterocycles. The Morgan fingerprint density at radius 1 is 0.783 bits per heavy atom. The van der Waals surface area contributed by atoms with Gasteiger partial charge in [-0.05, 0) is 23.6 Å². The molecule has 0 saturated heterocycles. The minimum absolute atomic E-state index is 0.551. The highest BCUT2D eigenvalue weighted by Gasteiger charge is 2.12. The fourth-order valence-corrected chi connectivity index (χ4v) is 2.92. The Balaban J connectivity index is 1.84. The van der Waals surface area contributed by atoms with Crippen molar-refractivity contribution in [3.63, 3.8) is 0 Å². The second-order valence-electron chi connectivity index (χ2n) is 5.39. The van der Waals surface area contributed by atoms with Crippen molar-refractivity contribution < 1.29 is 4.42 Å². The number of furan rings is 1. The lowest BCUT2D eigenvalue weighted by Gasteiger charge is -2.04. The second-order valence-corrected chi connectivity index (χ2v) is 5.39. The van der Waals surface area contributed by atoms with E-state index in [1.165, 1.54) is 0 Å². The zero-order valence-electron chi connectivity index (χ0n) is 12.1. The number of hydrogen-bond acceptors (Lipinski definition) is 4. The molecule has 0 amide bonds. The van der Waals surface area contributed by atoms with Gasteiger partial charge in [0.2, 0.25) is 5.71 Å². The Kier molecular flexibility index (Phi) is 2.46. The van der Waals surface area contributed by atoms with Gasteiger partial charge in [-0.3, -0.25) is 4.98 Å². The molecule has 0 aliphatic heterocycles. The van der Waals surface area contributed by atoms with Gasteiger partial charge in [-0.15, -0.1) is 0 Å². The summed E-state index contributed by atoms with van der Waals surface area (Å²) < 4.78 is 5.74. The summed E-state index contributed by atoms with van der Waals surface area (Å²) in [5.41, 5.74) is 3.71. The minimum Gasteiger partial charge on any atom is -0.436 e. The van der Waals surface area contributed by atoms with Crippen molar-refractivity contribution in [1.29, 1.82) is 0 Å². The first-order valence-corrected chi connectivity index (χ1v) is 7.38. The topological polar surface area (TPSA) is 51.8 Å². The third-order valence-electron chi connectivity index (χ3n) is 4.00. The van der Waals surface area contributed by atoms with Crippen LogP contribution in [0, 0.1) is 0 Å². The second kappa shape index (κ2) is 4.61. The predicted molar refractivity (Wildman–Crippen MR) is 90.0 cm³/mol. The number of nitrogens with zero attached hydrogens (tertiary/aromatic N) is 3. The molecule has 0 bridgehead atoms. The molecule has 0 unspecified atom stereocenters. The van der Waals surface area contributed by atoms with E-state index < -0.39 is 0 Å². The van der Waals surface area contributed by atoms with E-state index in [9.17, 15) is 0 Å². The Morgan fingerprint density at radius 2 is 1.61 bits per heavy atom. The molecular formula is C19H11N3O. The van der Waals surface area contributed by atoms with Crippen LogP contribution in [0.1, 0.15) is 0 Å². The Bertz CT molecular complexity index is 1170. The van der Waals surface area contributed by atoms with Crippen LogP contribution in [-0.4, -0.2) is 15.0 Å². The molecule has 4 heteroatoms. The molecule has 5 aromatic rings. The van der Waals surface area contributed by atoms with Gasteiger partial charge in [0.05, 0.1) is 11.9 Å². The van der Waals surface area contributed by atoms with Gasteiger partial charge in [0, 0.05) is 17.0 Å². The Morgan fingerprint density at radius 3 is 2.57 bits per heavy atom. The molecule has 0 aliphatic rings. The molecule has 0 atom stereocenters. The maximum atomic E-state index is 5.74. The van der Waals surface area contributed by atoms with Crippen molar-refractivity contribution in [2.75, 3.05) is 0 Å². The van der Waals surface area contributed by atoms with E-state index in [0.717, 1.165) is 38.6 Å². The van der Waals surface area contributed by atoms with Crippen molar-refractivity contribution >= 4 is 33.0 Å². The van der Waals surface area contributed by atoms with Crippen molar-refractivity contribution in [1.82, 2.24) is 15.0 Å². The quantitative estimate of drug-likeness (QED) is 0.454. The van der Waals surface area contributed by atoms with Crippen LogP contribution in [0.4, 0.5) is 0 Å². The highest BCUT2D eigenvalue weighted by Crippen LogP contribution is 2.29. The van der Waals surface area contributed by atoms with Crippen molar-refractivity contribution in [3.8, 4) is 11.4 Å². The number of benzene rings is 2. The molecule has 23 heavy (non-hydrogen) atoms. The van der Waals surface area contributed by atoms with E-state index in [4.69, 9.17) is 9.40 Å². The highest BCUT2D eigenvalue weighted by molar-refractivity contribution is 6.02. The van der Waals surface area contributed by atoms with Crippen LogP contribution in [0.2, 0.25) is 0 Å². The molecule has 0 fully saturated rings. The molecule has 5 rings (SSSR count). The van der Waals surface area contributed by atoms with Crippen LogP contribution in [0.5, 0.6) is 0 Å². The van der Waals surface area contributed by atoms with Gasteiger partial charge in [-0.2, -0.15) is 0 Å². The molecule has 0 N–H and O–H groups in total. The molecule has 3 heterocycles. The predicted octanol–water partition coefficient (Wildman–Crippen LogP) is 4.59. The summed E-state index contributed by atoms with van der Waals surface area (Å²) in [6.45, 7) is 0. The monoisotopic (exact) mass is 297 g/mol. The van der Waals surface area contributed by atoms with E-state index in [1.807, 2.05) is 42.5 Å². The van der Waals surface area contributed by atoms with Gasteiger partial charge in [-0.25, -0.2) is 9.97 Å². The van der Waals surface area contributed by atoms with Gasteiger partial charge >= 0.3 is 0 Å². The number of aromatic nitrogens is 3. The summed E-state index contributed by atoms with van der Waals surface area (Å²) >= 11 is 0. The molecule has 0 aliphatic carbocycles. The molecular weight excluding hydrogens is 286 g/mol. The van der Waals surface area contributed by atoms with Crippen molar-refractivity contribution in [2.24, 2.45) is 0 Å². The first-order valence-electron chi connectivity index (χ1n) is 7.38. The third kappa shape index (κ3) is 1.82. The standard InChI is InChI=1S/C19H11N3O/c1-2-6-13-12(5-1)9-10-20-17(13)15-11-21-19-18(22-15)14-7-3-4-8-16(14)23-19/h1-11H. The van der Waals surface area contributed by atoms with E-state index in [2.05, 4.69) is 22.1 Å². The number of hydrogen-bond donors (Lipinski definition) is 0. The summed E-state index contributed by atoms with van der Waals surface area (Å²) in [6.07, 6.45) is 3.52. The maximum absolute atomic E-state index is 5.74. The Labute approximate surface area is 131 Å². The average molecular weight is 297 g/mol. The van der Waals surface area contributed by atoms with Gasteiger partial charge in [0.1, 0.15) is 16.8 Å². The Hall–Kier alpha value is -3.27. The molecule has 2 aromatic carbocycles. The molecule has 0 spiro atoms. The third-order valence-corrected chi connectivity index (χ3v) is 4.00. The molecule has 0 radical (unpaired) electrons.